The molecule has 80 valence electrons. The van der Waals surface area contributed by atoms with E-state index < -0.39 is 11.9 Å². The summed E-state index contributed by atoms with van der Waals surface area (Å²) in [6, 6.07) is -0.00583. The van der Waals surface area contributed by atoms with E-state index in [1.165, 1.54) is 0 Å². The molecule has 0 aromatic heterocycles. The normalized spacial score (nSPS) is 27.8. The highest BCUT2D eigenvalue weighted by Crippen LogP contribution is 2.26. The molecule has 0 spiro atoms. The number of carboxylic acids is 2. The average Bonchev–Trinajstić information content (AvgIpc) is 2.34. The maximum Gasteiger partial charge on any atom is 0.304 e. The zero-order valence-electron chi connectivity index (χ0n) is 8.14. The van der Waals surface area contributed by atoms with Crippen molar-refractivity contribution in [1.29, 1.82) is 0 Å². The van der Waals surface area contributed by atoms with Crippen LogP contribution in [-0.2, 0) is 9.59 Å². The molecule has 0 amide bonds. The van der Waals surface area contributed by atoms with Crippen molar-refractivity contribution in [3.8, 4) is 0 Å². The molecular formula is C9H15NO4. The highest BCUT2D eigenvalue weighted by Gasteiger charge is 2.32. The van der Waals surface area contributed by atoms with E-state index in [1.54, 1.807) is 7.05 Å². The minimum Gasteiger partial charge on any atom is -0.481 e. The van der Waals surface area contributed by atoms with Gasteiger partial charge in [-0.3, -0.25) is 14.5 Å². The van der Waals surface area contributed by atoms with E-state index >= 15 is 0 Å². The first-order chi connectivity index (χ1) is 6.50. The molecule has 14 heavy (non-hydrogen) atoms. The third kappa shape index (κ3) is 2.70. The summed E-state index contributed by atoms with van der Waals surface area (Å²) >= 11 is 0. The second kappa shape index (κ2) is 4.41. The summed E-state index contributed by atoms with van der Waals surface area (Å²) in [5.41, 5.74) is 0. The van der Waals surface area contributed by atoms with Crippen molar-refractivity contribution >= 4 is 11.9 Å². The van der Waals surface area contributed by atoms with Gasteiger partial charge >= 0.3 is 11.9 Å². The van der Waals surface area contributed by atoms with Gasteiger partial charge in [0.25, 0.3) is 0 Å². The Hall–Kier alpha value is -1.10. The number of likely N-dealkylation sites (tertiary alicyclic amines) is 1. The molecule has 1 aliphatic heterocycles. The zero-order valence-corrected chi connectivity index (χ0v) is 8.14. The van der Waals surface area contributed by atoms with Crippen LogP contribution in [0.2, 0.25) is 0 Å². The molecule has 5 heteroatoms. The molecule has 1 rings (SSSR count). The van der Waals surface area contributed by atoms with Crippen molar-refractivity contribution in [2.75, 3.05) is 7.05 Å². The van der Waals surface area contributed by atoms with E-state index in [0.29, 0.717) is 0 Å². The molecular weight excluding hydrogens is 186 g/mol. The summed E-state index contributed by atoms with van der Waals surface area (Å²) in [5.74, 6) is -1.64. The summed E-state index contributed by atoms with van der Waals surface area (Å²) in [6.45, 7) is 0. The lowest BCUT2D eigenvalue weighted by Gasteiger charge is -2.23. The molecule has 1 heterocycles. The summed E-state index contributed by atoms with van der Waals surface area (Å²) in [4.78, 5) is 22.9. The van der Waals surface area contributed by atoms with E-state index in [0.717, 1.165) is 12.8 Å². The quantitative estimate of drug-likeness (QED) is 0.688. The van der Waals surface area contributed by atoms with Gasteiger partial charge in [0.2, 0.25) is 0 Å². The van der Waals surface area contributed by atoms with Gasteiger partial charge in [0.15, 0.2) is 0 Å². The average molecular weight is 201 g/mol. The lowest BCUT2D eigenvalue weighted by molar-refractivity contribution is -0.138. The maximum absolute atomic E-state index is 10.5. The van der Waals surface area contributed by atoms with Crippen LogP contribution in [0, 0.1) is 0 Å². The molecule has 2 N–H and O–H groups in total. The van der Waals surface area contributed by atoms with Crippen molar-refractivity contribution in [2.45, 2.75) is 37.8 Å². The fourth-order valence-corrected chi connectivity index (χ4v) is 1.99. The van der Waals surface area contributed by atoms with E-state index in [1.807, 2.05) is 4.90 Å². The van der Waals surface area contributed by atoms with Crippen molar-refractivity contribution in [2.24, 2.45) is 0 Å². The first-order valence-electron chi connectivity index (χ1n) is 4.66. The Morgan fingerprint density at radius 3 is 1.79 bits per heavy atom. The summed E-state index contributed by atoms with van der Waals surface area (Å²) < 4.78 is 0. The van der Waals surface area contributed by atoms with Gasteiger partial charge in [-0.25, -0.2) is 0 Å². The molecule has 2 atom stereocenters. The number of carboxylic acid groups (broad SMARTS) is 2. The zero-order chi connectivity index (χ0) is 10.7. The fourth-order valence-electron chi connectivity index (χ4n) is 1.99. The van der Waals surface area contributed by atoms with Crippen LogP contribution in [0.4, 0.5) is 0 Å². The van der Waals surface area contributed by atoms with Crippen molar-refractivity contribution in [1.82, 2.24) is 4.90 Å². The van der Waals surface area contributed by atoms with Crippen molar-refractivity contribution < 1.29 is 19.8 Å². The highest BCUT2D eigenvalue weighted by atomic mass is 16.4. The van der Waals surface area contributed by atoms with Crippen LogP contribution in [0.1, 0.15) is 25.7 Å². The number of carbonyl (C=O) groups is 2. The van der Waals surface area contributed by atoms with Crippen molar-refractivity contribution in [3.05, 3.63) is 0 Å². The van der Waals surface area contributed by atoms with E-state index in [9.17, 15) is 9.59 Å². The third-order valence-corrected chi connectivity index (χ3v) is 2.81. The Bertz CT molecular complexity index is 217. The molecule has 0 aromatic carbocycles. The number of rotatable bonds is 4. The molecule has 0 aromatic rings. The first-order valence-corrected chi connectivity index (χ1v) is 4.66. The minimum absolute atomic E-state index is 0.00292. The summed E-state index contributed by atoms with van der Waals surface area (Å²) in [5, 5.41) is 17.2. The monoisotopic (exact) mass is 201 g/mol. The standard InChI is InChI=1S/C9H15NO4/c1-10-6(4-8(11)12)2-3-7(10)5-9(13)14/h6-7H,2-5H2,1H3,(H,11,12)(H,13,14). The van der Waals surface area contributed by atoms with Crippen LogP contribution in [0.25, 0.3) is 0 Å². The molecule has 0 aliphatic carbocycles. The molecule has 5 nitrogen and oxygen atoms in total. The van der Waals surface area contributed by atoms with Crippen LogP contribution in [-0.4, -0.2) is 46.2 Å². The van der Waals surface area contributed by atoms with E-state index in [2.05, 4.69) is 0 Å². The largest absolute Gasteiger partial charge is 0.481 e. The predicted molar refractivity (Wildman–Crippen MR) is 49.1 cm³/mol. The molecule has 0 radical (unpaired) electrons. The number of aliphatic carboxylic acids is 2. The molecule has 1 saturated heterocycles. The summed E-state index contributed by atoms with van der Waals surface area (Å²) in [7, 11) is 1.80. The maximum atomic E-state index is 10.5. The lowest BCUT2D eigenvalue weighted by Crippen LogP contribution is -2.34. The second-order valence-electron chi connectivity index (χ2n) is 3.75. The molecule has 1 fully saturated rings. The van der Waals surface area contributed by atoms with Gasteiger partial charge in [0, 0.05) is 12.1 Å². The van der Waals surface area contributed by atoms with E-state index in [4.69, 9.17) is 10.2 Å². The molecule has 2 unspecified atom stereocenters. The van der Waals surface area contributed by atoms with Crippen LogP contribution >= 0.6 is 0 Å². The Morgan fingerprint density at radius 2 is 1.50 bits per heavy atom. The Labute approximate surface area is 82.3 Å². The Morgan fingerprint density at radius 1 is 1.14 bits per heavy atom. The Balaban J connectivity index is 2.46. The highest BCUT2D eigenvalue weighted by molar-refractivity contribution is 5.68. The number of nitrogens with zero attached hydrogens (tertiary/aromatic N) is 1. The van der Waals surface area contributed by atoms with Gasteiger partial charge in [-0.1, -0.05) is 0 Å². The molecule has 0 bridgehead atoms. The van der Waals surface area contributed by atoms with Gasteiger partial charge < -0.3 is 10.2 Å². The summed E-state index contributed by atoms with van der Waals surface area (Å²) in [6.07, 6.45) is 1.76. The predicted octanol–water partition coefficient (Wildman–Crippen LogP) is 0.399. The van der Waals surface area contributed by atoms with Gasteiger partial charge in [0.05, 0.1) is 12.8 Å². The molecule has 1 aliphatic rings. The van der Waals surface area contributed by atoms with E-state index in [-0.39, 0.29) is 24.9 Å². The number of hydrogen-bond acceptors (Lipinski definition) is 3. The SMILES string of the molecule is CN1C(CC(=O)O)CCC1CC(=O)O. The third-order valence-electron chi connectivity index (χ3n) is 2.81. The van der Waals surface area contributed by atoms with Crippen molar-refractivity contribution in [3.63, 3.8) is 0 Å². The fraction of sp³-hybridized carbons (Fsp3) is 0.778. The second-order valence-corrected chi connectivity index (χ2v) is 3.75. The lowest BCUT2D eigenvalue weighted by atomic mass is 10.1. The van der Waals surface area contributed by atoms with Crippen LogP contribution in [0.15, 0.2) is 0 Å². The van der Waals surface area contributed by atoms with Gasteiger partial charge in [-0.2, -0.15) is 0 Å². The first kappa shape index (κ1) is 11.0. The molecule has 0 saturated carbocycles. The Kier molecular flexibility index (Phi) is 3.46. The van der Waals surface area contributed by atoms with Gasteiger partial charge in [-0.15, -0.1) is 0 Å². The van der Waals surface area contributed by atoms with Gasteiger partial charge in [0.1, 0.15) is 0 Å². The van der Waals surface area contributed by atoms with Gasteiger partial charge in [-0.05, 0) is 19.9 Å². The minimum atomic E-state index is -0.821. The smallest absolute Gasteiger partial charge is 0.304 e. The topological polar surface area (TPSA) is 77.8 Å². The van der Waals surface area contributed by atoms with Crippen LogP contribution in [0.3, 0.4) is 0 Å². The van der Waals surface area contributed by atoms with Crippen LogP contribution < -0.4 is 0 Å². The number of hydrogen-bond donors (Lipinski definition) is 2. The van der Waals surface area contributed by atoms with Crippen LogP contribution in [0.5, 0.6) is 0 Å².